The topological polar surface area (TPSA) is 758 Å². The Labute approximate surface area is 789 Å². The summed E-state index contributed by atoms with van der Waals surface area (Å²) in [4.78, 5) is 42.8. The molecule has 17 bridgehead atoms. The molecule has 7 aromatic carbocycles. The molecule has 48 heteroatoms. The molecule has 138 heavy (non-hydrogen) atoms. The fourth-order valence-electron chi connectivity index (χ4n) is 17.2. The highest BCUT2D eigenvalue weighted by atomic mass is 79.9. The van der Waals surface area contributed by atoms with Crippen LogP contribution >= 0.6 is 15.9 Å². The van der Waals surface area contributed by atoms with E-state index in [1.54, 1.807) is 0 Å². The van der Waals surface area contributed by atoms with Crippen molar-refractivity contribution in [3.8, 4) is 80.1 Å². The van der Waals surface area contributed by atoms with Gasteiger partial charge in [0.15, 0.2) is 65.8 Å². The number of carbonyl (C=O) groups excluding carboxylic acids is 1. The molecule has 28 N–H and O–H groups in total. The number of benzene rings is 7. The van der Waals surface area contributed by atoms with Gasteiger partial charge in [-0.3, -0.25) is 0 Å². The van der Waals surface area contributed by atoms with Gasteiger partial charge in [-0.25, -0.2) is 34.7 Å². The fourth-order valence-corrected chi connectivity index (χ4v) is 17.6. The van der Waals surface area contributed by atoms with Crippen molar-refractivity contribution >= 4 is 57.3 Å². The predicted molar refractivity (Wildman–Crippen MR) is 474 cm³/mol. The van der Waals surface area contributed by atoms with E-state index in [-0.39, 0.29) is 50.4 Å². The van der Waals surface area contributed by atoms with E-state index in [0.717, 1.165) is 61.7 Å². The molecule has 32 unspecified atom stereocenters. The van der Waals surface area contributed by atoms with Gasteiger partial charge in [-0.15, -0.1) is 0 Å². The van der Waals surface area contributed by atoms with E-state index in [0.29, 0.717) is 0 Å². The van der Waals surface area contributed by atoms with Gasteiger partial charge in [-0.1, -0.05) is 30.3 Å². The Bertz CT molecular complexity index is 5840. The number of fused-ring (bicyclic) bond motifs is 12. The summed E-state index contributed by atoms with van der Waals surface area (Å²) in [6.07, 6.45) is -45.7. The smallest absolute Gasteiger partial charge is 0.335 e. The Balaban J connectivity index is 0.987. The van der Waals surface area contributed by atoms with Crippen LogP contribution in [0.25, 0.3) is 11.1 Å². The lowest BCUT2D eigenvalue weighted by Gasteiger charge is -2.45. The number of aliphatic hydroxyl groups is 21. The van der Waals surface area contributed by atoms with Crippen LogP contribution in [0.15, 0.2) is 150 Å². The first-order valence-electron chi connectivity index (χ1n) is 43.3. The number of methoxy groups -OCH3 is 1. The van der Waals surface area contributed by atoms with Crippen molar-refractivity contribution in [1.82, 2.24) is 0 Å². The summed E-state index contributed by atoms with van der Waals surface area (Å²) in [7, 11) is 0.898. The average Bonchev–Trinajstić information content (AvgIpc) is 0.756. The molecule has 11 aliphatic heterocycles. The van der Waals surface area contributed by atoms with Crippen LogP contribution in [0.5, 0.6) is 69.0 Å². The fraction of sp³-hybridized carbons (Fsp3) is 0.456. The Morgan fingerprint density at radius 3 is 1.62 bits per heavy atom. The highest BCUT2D eigenvalue weighted by molar-refractivity contribution is 9.10. The molecule has 0 aliphatic carbocycles. The number of ether oxygens (including phenoxy) is 14. The molecule has 18 rings (SSSR count). The Kier molecular flexibility index (Phi) is 29.4. The molecular formula is C90H101BrN8O39. The van der Waals surface area contributed by atoms with E-state index >= 15 is 0 Å². The standard InChI is InChI=1S/C90H101BrN8O39/c1-29-48-19-36(20-49(29)131-88-74(115)70(111)67(108)54(26-100)133-88)61-83(121)97-62-37-21-52(128-39-10-5-32(6-11-39)15-44(80(118)95-61)94-81(119)59(93)33-7-13-46(105)50(18-33)130-48)78(137-90-76(117)72(113)79(56(28-102)135-90)138-87-73(114)69(110)66(107)31(3)127-87)53(22-37)129-47-14-9-35(17-42(47)91)77(136-57-25-43(92)65(106)30(2)126-57)64-85(123)98-63(86(124)125-4)41-23-38(103)24-51(132-89-75(116)71(112)68(109)55(27-101)134-89)58(41)40-16-34(8-12-45(40)104)60(82(120)99-64)96-84(62)122/h5-14,16-24,30-31,43-44,54-57,59-77,79,87-90,100-117H,15,25-28,92-93H2,1-4H3,(H,94,119)(H,95,118)(H,96,122)(H,97,121)(H,98,123)(H,99,120). The summed E-state index contributed by atoms with van der Waals surface area (Å²) in [5.74, 6) is -15.1. The van der Waals surface area contributed by atoms with Crippen LogP contribution in [0, 0.1) is 6.92 Å². The summed E-state index contributed by atoms with van der Waals surface area (Å²) < 4.78 is 87.3. The number of hydrogen-bond donors (Lipinski definition) is 26. The van der Waals surface area contributed by atoms with Gasteiger partial charge in [0, 0.05) is 47.2 Å². The minimum absolute atomic E-state index is 0.0345. The van der Waals surface area contributed by atoms with E-state index in [9.17, 15) is 127 Å². The van der Waals surface area contributed by atoms with Crippen molar-refractivity contribution in [2.24, 2.45) is 41.4 Å². The number of nitrogens with two attached hydrogens (primary N) is 2. The number of phenolic OH excluding ortho intramolecular Hbond substituents is 3. The summed E-state index contributed by atoms with van der Waals surface area (Å²) >= 11 is 3.61. The van der Waals surface area contributed by atoms with Crippen molar-refractivity contribution in [2.45, 2.75) is 229 Å². The SMILES string of the molecule is COC(=O)C1N=C(O)C2N=C(O)C(N=C(O)C3N=C(O)C4N=C(O)C(Cc5ccc(cc5)Oc5cc3cc(c5OC3OC(CO)C(OC5OC(C)C(O)C(O)C5O)C(O)C3O)Oc3ccc(cc3Br)C2OC2CC(N)C(O)C(C)O2)N=C(O)C(N)c2ccc(O)c(c2)Oc2cc4cc(OC3OC(CO)C(O)C(O)C3O)c2C)c2ccc(O)c(c2)-c2c(OC3OC(CO)C(O)C(O)C3O)cc(O)cc21. The lowest BCUT2D eigenvalue weighted by Crippen LogP contribution is -2.64. The molecule has 7 aromatic rings. The molecule has 5 fully saturated rings. The van der Waals surface area contributed by atoms with Gasteiger partial charge >= 0.3 is 5.97 Å². The average molecular weight is 2000 g/mol. The molecule has 5 saturated heterocycles. The summed E-state index contributed by atoms with van der Waals surface area (Å²) in [5, 5.41) is 284. The quantitative estimate of drug-likeness (QED) is 0.0675. The molecule has 11 aliphatic rings. The maximum Gasteiger partial charge on any atom is 0.335 e. The molecule has 11 heterocycles. The predicted octanol–water partition coefficient (Wildman–Crippen LogP) is 0.998. The largest absolute Gasteiger partial charge is 0.508 e. The first kappa shape index (κ1) is 99.6. The normalized spacial score (nSPS) is 34.4. The molecule has 32 atom stereocenters. The van der Waals surface area contributed by atoms with E-state index in [1.807, 2.05) is 0 Å². The van der Waals surface area contributed by atoms with Gasteiger partial charge in [0.2, 0.25) is 60.0 Å². The third kappa shape index (κ3) is 19.8. The van der Waals surface area contributed by atoms with Gasteiger partial charge in [-0.2, -0.15) is 0 Å². The summed E-state index contributed by atoms with van der Waals surface area (Å²) in [6, 6.07) is 6.02. The lowest BCUT2D eigenvalue weighted by molar-refractivity contribution is -0.349. The Morgan fingerprint density at radius 2 is 0.986 bits per heavy atom. The molecule has 742 valence electrons. The van der Waals surface area contributed by atoms with Gasteiger partial charge in [-0.05, 0) is 149 Å². The van der Waals surface area contributed by atoms with E-state index in [1.165, 1.54) is 81.4 Å². The molecule has 0 radical (unpaired) electrons. The van der Waals surface area contributed by atoms with Gasteiger partial charge in [0.25, 0.3) is 0 Å². The van der Waals surface area contributed by atoms with E-state index in [2.05, 4.69) is 30.9 Å². The number of aliphatic hydroxyl groups excluding tert-OH is 21. The number of phenols is 3. The van der Waals surface area contributed by atoms with Crippen LogP contribution in [0.4, 0.5) is 0 Å². The number of esters is 1. The van der Waals surface area contributed by atoms with Gasteiger partial charge in [0.1, 0.15) is 150 Å². The molecular weight excluding hydrogens is 1900 g/mol. The highest BCUT2D eigenvalue weighted by Crippen LogP contribution is 2.53. The second kappa shape index (κ2) is 40.8. The van der Waals surface area contributed by atoms with E-state index in [4.69, 9.17) is 92.8 Å². The van der Waals surface area contributed by atoms with Crippen LogP contribution in [-0.4, -0.2) is 350 Å². The minimum atomic E-state index is -2.51. The van der Waals surface area contributed by atoms with Crippen molar-refractivity contribution in [1.29, 1.82) is 0 Å². The zero-order chi connectivity index (χ0) is 98.9. The van der Waals surface area contributed by atoms with Crippen LogP contribution in [0.2, 0.25) is 0 Å². The van der Waals surface area contributed by atoms with Gasteiger partial charge < -0.3 is 200 Å². The maximum absolute atomic E-state index is 14.9. The van der Waals surface area contributed by atoms with Crippen LogP contribution in [-0.2, 0) is 49.1 Å². The second-order valence-corrected chi connectivity index (χ2v) is 35.0. The lowest BCUT2D eigenvalue weighted by atomic mass is 9.90. The first-order chi connectivity index (χ1) is 65.7. The third-order valence-electron chi connectivity index (χ3n) is 25.0. The van der Waals surface area contributed by atoms with Crippen molar-refractivity contribution in [3.05, 3.63) is 164 Å². The number of hydrogen-bond acceptors (Lipinski definition) is 41. The molecule has 47 nitrogen and oxygen atoms in total. The number of carbonyl (C=O) groups is 1. The van der Waals surface area contributed by atoms with Crippen LogP contribution in [0.3, 0.4) is 0 Å². The van der Waals surface area contributed by atoms with Crippen LogP contribution in [0.1, 0.15) is 101 Å². The Morgan fingerprint density at radius 1 is 0.449 bits per heavy atom. The van der Waals surface area contributed by atoms with Gasteiger partial charge in [0.05, 0.1) is 49.7 Å². The molecule has 0 spiro atoms. The minimum Gasteiger partial charge on any atom is -0.508 e. The second-order valence-electron chi connectivity index (χ2n) is 34.2. The van der Waals surface area contributed by atoms with Crippen LogP contribution < -0.4 is 39.9 Å². The van der Waals surface area contributed by atoms with E-state index < -0.39 is 348 Å². The van der Waals surface area contributed by atoms with Crippen molar-refractivity contribution in [2.75, 3.05) is 26.9 Å². The number of aromatic hydroxyl groups is 3. The zero-order valence-electron chi connectivity index (χ0n) is 73.1. The molecule has 0 aromatic heterocycles. The molecule has 0 amide bonds. The monoisotopic (exact) mass is 2000 g/mol. The van der Waals surface area contributed by atoms with Crippen molar-refractivity contribution in [3.63, 3.8) is 0 Å². The highest BCUT2D eigenvalue weighted by Gasteiger charge is 2.54. The number of nitrogens with zero attached hydrogens (tertiary/aromatic N) is 6. The van der Waals surface area contributed by atoms with Crippen molar-refractivity contribution < 1.29 is 194 Å². The maximum atomic E-state index is 14.9. The number of aliphatic imine (C=N–C) groups is 6. The molecule has 0 saturated carbocycles. The first-order valence-corrected chi connectivity index (χ1v) is 44.1. The number of halogens is 1. The Hall–Kier alpha value is -11.5. The summed E-state index contributed by atoms with van der Waals surface area (Å²) in [6.45, 7) is 1.14. The third-order valence-corrected chi connectivity index (χ3v) is 25.6. The zero-order valence-corrected chi connectivity index (χ0v) is 74.6. The number of rotatable bonds is 14. The summed E-state index contributed by atoms with van der Waals surface area (Å²) in [5.41, 5.74) is 10.4.